The van der Waals surface area contributed by atoms with Crippen molar-refractivity contribution in [2.45, 2.75) is 25.1 Å². The Kier molecular flexibility index (Phi) is 9.49. The summed E-state index contributed by atoms with van der Waals surface area (Å²) in [5.74, 6) is -0.201. The molecule has 0 aromatic heterocycles. The smallest absolute Gasteiger partial charge is 0.416 e. The van der Waals surface area contributed by atoms with Crippen LogP contribution in [0.4, 0.5) is 13.2 Å². The number of aliphatic hydroxyl groups excluding tert-OH is 1. The number of carbonyl (C=O) groups is 1. The molecule has 1 aromatic rings. The number of aliphatic hydroxyl groups is 1. The zero-order valence-electron chi connectivity index (χ0n) is 15.6. The molecule has 0 spiro atoms. The lowest BCUT2D eigenvalue weighted by Crippen LogP contribution is -2.51. The molecule has 1 amide bonds. The number of alkyl halides is 3. The van der Waals surface area contributed by atoms with E-state index in [4.69, 9.17) is 9.47 Å². The van der Waals surface area contributed by atoms with Gasteiger partial charge >= 0.3 is 6.18 Å². The number of ether oxygens (including phenoxy) is 2. The molecule has 28 heavy (non-hydrogen) atoms. The molecule has 1 heterocycles. The molecule has 1 saturated heterocycles. The van der Waals surface area contributed by atoms with Gasteiger partial charge in [0.1, 0.15) is 18.5 Å². The second-order valence-corrected chi connectivity index (χ2v) is 6.66. The molecule has 1 aliphatic heterocycles. The van der Waals surface area contributed by atoms with E-state index in [0.29, 0.717) is 25.9 Å². The Hall–Kier alpha value is -1.55. The number of amides is 1. The maximum atomic E-state index is 12.7. The van der Waals surface area contributed by atoms with Crippen molar-refractivity contribution < 1.29 is 32.5 Å². The Morgan fingerprint density at radius 2 is 2.04 bits per heavy atom. The van der Waals surface area contributed by atoms with E-state index in [1.165, 1.54) is 19.2 Å². The topological polar surface area (TPSA) is 79.8 Å². The van der Waals surface area contributed by atoms with Crippen molar-refractivity contribution in [1.29, 1.82) is 0 Å². The first kappa shape index (κ1) is 24.5. The summed E-state index contributed by atoms with van der Waals surface area (Å²) in [5, 5.41) is 15.9. The van der Waals surface area contributed by atoms with E-state index in [1.807, 2.05) is 0 Å². The van der Waals surface area contributed by atoms with Crippen LogP contribution < -0.4 is 15.4 Å². The van der Waals surface area contributed by atoms with Crippen molar-refractivity contribution in [2.24, 2.45) is 5.41 Å². The largest absolute Gasteiger partial charge is 0.491 e. The van der Waals surface area contributed by atoms with Crippen LogP contribution in [-0.2, 0) is 15.7 Å². The SMILES string of the molecule is COCC1(C(=O)NCC(O)COc2cccc(C(F)(F)F)c2)CCNCC1.Cl. The lowest BCUT2D eigenvalue weighted by Gasteiger charge is -2.35. The van der Waals surface area contributed by atoms with Gasteiger partial charge in [-0.25, -0.2) is 0 Å². The Morgan fingerprint density at radius 1 is 1.36 bits per heavy atom. The summed E-state index contributed by atoms with van der Waals surface area (Å²) in [6.07, 6.45) is -4.26. The summed E-state index contributed by atoms with van der Waals surface area (Å²) in [4.78, 5) is 12.5. The third-order valence-electron chi connectivity index (χ3n) is 4.56. The van der Waals surface area contributed by atoms with E-state index in [9.17, 15) is 23.1 Å². The summed E-state index contributed by atoms with van der Waals surface area (Å²) in [7, 11) is 1.54. The number of piperidine rings is 1. The highest BCUT2D eigenvalue weighted by Gasteiger charge is 2.39. The monoisotopic (exact) mass is 426 g/mol. The molecule has 10 heteroatoms. The van der Waals surface area contributed by atoms with Crippen LogP contribution in [0.3, 0.4) is 0 Å². The number of carbonyl (C=O) groups excluding carboxylic acids is 1. The van der Waals surface area contributed by atoms with E-state index < -0.39 is 23.3 Å². The van der Waals surface area contributed by atoms with Crippen molar-refractivity contribution in [3.05, 3.63) is 29.8 Å². The normalized spacial score (nSPS) is 17.3. The molecule has 0 radical (unpaired) electrons. The van der Waals surface area contributed by atoms with Gasteiger partial charge in [-0.3, -0.25) is 4.79 Å². The number of halogens is 4. The van der Waals surface area contributed by atoms with E-state index >= 15 is 0 Å². The van der Waals surface area contributed by atoms with Crippen molar-refractivity contribution in [1.82, 2.24) is 10.6 Å². The summed E-state index contributed by atoms with van der Waals surface area (Å²) in [6.45, 7) is 1.41. The van der Waals surface area contributed by atoms with Gasteiger partial charge in [0.25, 0.3) is 0 Å². The van der Waals surface area contributed by atoms with Crippen LogP contribution in [0.25, 0.3) is 0 Å². The molecule has 1 fully saturated rings. The number of methoxy groups -OCH3 is 1. The fraction of sp³-hybridized carbons (Fsp3) is 0.611. The summed E-state index contributed by atoms with van der Waals surface area (Å²) >= 11 is 0. The van der Waals surface area contributed by atoms with E-state index in [2.05, 4.69) is 10.6 Å². The van der Waals surface area contributed by atoms with Gasteiger partial charge in [-0.05, 0) is 44.1 Å². The van der Waals surface area contributed by atoms with Crippen molar-refractivity contribution in [3.63, 3.8) is 0 Å². The van der Waals surface area contributed by atoms with Crippen LogP contribution in [0.15, 0.2) is 24.3 Å². The van der Waals surface area contributed by atoms with Gasteiger partial charge in [-0.1, -0.05) is 6.07 Å². The van der Waals surface area contributed by atoms with E-state index in [-0.39, 0.29) is 43.8 Å². The highest BCUT2D eigenvalue weighted by Crippen LogP contribution is 2.31. The van der Waals surface area contributed by atoms with Gasteiger partial charge in [0.2, 0.25) is 5.91 Å². The van der Waals surface area contributed by atoms with Gasteiger partial charge in [-0.2, -0.15) is 13.2 Å². The third-order valence-corrected chi connectivity index (χ3v) is 4.56. The Bertz CT molecular complexity index is 620. The molecule has 160 valence electrons. The molecule has 0 aliphatic carbocycles. The minimum absolute atomic E-state index is 0. The average Bonchev–Trinajstić information content (AvgIpc) is 2.65. The first-order chi connectivity index (χ1) is 12.8. The average molecular weight is 427 g/mol. The molecule has 0 bridgehead atoms. The lowest BCUT2D eigenvalue weighted by atomic mass is 9.78. The van der Waals surface area contributed by atoms with Gasteiger partial charge in [0, 0.05) is 13.7 Å². The molecule has 1 atom stereocenters. The molecule has 1 unspecified atom stereocenters. The Labute approximate surface area is 168 Å². The lowest BCUT2D eigenvalue weighted by molar-refractivity contribution is -0.138. The fourth-order valence-corrected chi connectivity index (χ4v) is 3.03. The highest BCUT2D eigenvalue weighted by atomic mass is 35.5. The van der Waals surface area contributed by atoms with Gasteiger partial charge < -0.3 is 25.2 Å². The zero-order chi connectivity index (χ0) is 19.9. The van der Waals surface area contributed by atoms with Crippen LogP contribution in [0.1, 0.15) is 18.4 Å². The number of rotatable bonds is 8. The van der Waals surface area contributed by atoms with Crippen LogP contribution in [0.5, 0.6) is 5.75 Å². The first-order valence-electron chi connectivity index (χ1n) is 8.73. The van der Waals surface area contributed by atoms with Crippen molar-refractivity contribution in [2.75, 3.05) is 40.0 Å². The first-order valence-corrected chi connectivity index (χ1v) is 8.73. The molecular weight excluding hydrogens is 401 g/mol. The van der Waals surface area contributed by atoms with Gasteiger partial charge in [-0.15, -0.1) is 12.4 Å². The summed E-state index contributed by atoms with van der Waals surface area (Å²) in [5.41, 5.74) is -1.46. The molecule has 1 aromatic carbocycles. The van der Waals surface area contributed by atoms with Crippen LogP contribution in [0.2, 0.25) is 0 Å². The van der Waals surface area contributed by atoms with E-state index in [1.54, 1.807) is 0 Å². The van der Waals surface area contributed by atoms with Crippen LogP contribution >= 0.6 is 12.4 Å². The second kappa shape index (κ2) is 10.8. The maximum Gasteiger partial charge on any atom is 0.416 e. The fourth-order valence-electron chi connectivity index (χ4n) is 3.03. The molecule has 1 aliphatic rings. The summed E-state index contributed by atoms with van der Waals surface area (Å²) < 4.78 is 48.5. The molecule has 6 nitrogen and oxygen atoms in total. The molecular formula is C18H26ClF3N2O4. The minimum Gasteiger partial charge on any atom is -0.491 e. The number of hydrogen-bond acceptors (Lipinski definition) is 5. The standard InChI is InChI=1S/C18H25F3N2O4.ClH/c1-26-12-17(5-7-22-8-6-17)16(25)23-10-14(24)11-27-15-4-2-3-13(9-15)18(19,20)21;/h2-4,9,14,22,24H,5-8,10-12H2,1H3,(H,23,25);1H. The van der Waals surface area contributed by atoms with Crippen molar-refractivity contribution in [3.8, 4) is 5.75 Å². The van der Waals surface area contributed by atoms with Crippen molar-refractivity contribution >= 4 is 18.3 Å². The molecule has 3 N–H and O–H groups in total. The van der Waals surface area contributed by atoms with Crippen LogP contribution in [-0.4, -0.2) is 57.1 Å². The Morgan fingerprint density at radius 3 is 2.64 bits per heavy atom. The quantitative estimate of drug-likeness (QED) is 0.592. The summed E-state index contributed by atoms with van der Waals surface area (Å²) in [6, 6.07) is 4.42. The zero-order valence-corrected chi connectivity index (χ0v) is 16.4. The van der Waals surface area contributed by atoms with Gasteiger partial charge in [0.15, 0.2) is 0 Å². The number of hydrogen-bond donors (Lipinski definition) is 3. The number of nitrogens with one attached hydrogen (secondary N) is 2. The predicted octanol–water partition coefficient (Wildman–Crippen LogP) is 2.00. The second-order valence-electron chi connectivity index (χ2n) is 6.66. The van der Waals surface area contributed by atoms with E-state index in [0.717, 1.165) is 12.1 Å². The molecule has 0 saturated carbocycles. The van der Waals surface area contributed by atoms with Crippen LogP contribution in [0, 0.1) is 5.41 Å². The predicted molar refractivity (Wildman–Crippen MR) is 99.6 cm³/mol. The van der Waals surface area contributed by atoms with Gasteiger partial charge in [0.05, 0.1) is 17.6 Å². The Balaban J connectivity index is 0.00000392. The molecule has 2 rings (SSSR count). The minimum atomic E-state index is -4.46. The maximum absolute atomic E-state index is 12.7. The third kappa shape index (κ3) is 6.80. The highest BCUT2D eigenvalue weighted by molar-refractivity contribution is 5.85. The number of benzene rings is 1.